The van der Waals surface area contributed by atoms with E-state index < -0.39 is 0 Å². The van der Waals surface area contributed by atoms with Crippen LogP contribution in [0.1, 0.15) is 30.3 Å². The van der Waals surface area contributed by atoms with Gasteiger partial charge in [0.05, 0.1) is 5.69 Å². The number of pyridine rings is 1. The maximum atomic E-state index is 5.79. The third kappa shape index (κ3) is 3.32. The van der Waals surface area contributed by atoms with Gasteiger partial charge in [-0.2, -0.15) is 5.10 Å². The number of aryl methyl sites for hydroxylation is 3. The van der Waals surface area contributed by atoms with Crippen molar-refractivity contribution in [3.05, 3.63) is 35.2 Å². The van der Waals surface area contributed by atoms with Crippen LogP contribution in [0.3, 0.4) is 0 Å². The zero-order chi connectivity index (χ0) is 13.8. The number of nitrogens with two attached hydrogens (primary N) is 1. The molecule has 0 fully saturated rings. The average Bonchev–Trinajstić information content (AvgIpc) is 2.68. The predicted octanol–water partition coefficient (Wildman–Crippen LogP) is 2.33. The normalized spacial score (nSPS) is 10.7. The van der Waals surface area contributed by atoms with Gasteiger partial charge >= 0.3 is 0 Å². The molecule has 0 saturated carbocycles. The lowest BCUT2D eigenvalue weighted by Crippen LogP contribution is -2.02. The summed E-state index contributed by atoms with van der Waals surface area (Å²) in [5.74, 6) is 1.26. The highest BCUT2D eigenvalue weighted by molar-refractivity contribution is 5.28. The molecule has 2 aromatic heterocycles. The van der Waals surface area contributed by atoms with E-state index in [0.29, 0.717) is 18.3 Å². The summed E-state index contributed by atoms with van der Waals surface area (Å²) in [7, 11) is 1.85. The summed E-state index contributed by atoms with van der Waals surface area (Å²) in [5.41, 5.74) is 8.68. The molecule has 19 heavy (non-hydrogen) atoms. The first-order valence-electron chi connectivity index (χ1n) is 6.50. The van der Waals surface area contributed by atoms with Gasteiger partial charge in [0, 0.05) is 31.4 Å². The molecule has 0 radical (unpaired) electrons. The van der Waals surface area contributed by atoms with Crippen LogP contribution in [0.2, 0.25) is 0 Å². The lowest BCUT2D eigenvalue weighted by atomic mass is 10.1. The Bertz CT molecular complexity index is 563. The molecule has 2 N–H and O–H groups in total. The molecule has 0 aliphatic carbocycles. The lowest BCUT2D eigenvalue weighted by molar-refractivity contribution is 0.413. The topological polar surface area (TPSA) is 66.0 Å². The van der Waals surface area contributed by atoms with Crippen molar-refractivity contribution in [3.8, 4) is 11.8 Å². The predicted molar refractivity (Wildman–Crippen MR) is 74.1 cm³/mol. The Labute approximate surface area is 113 Å². The molecule has 0 bridgehead atoms. The molecule has 102 valence electrons. The fourth-order valence-corrected chi connectivity index (χ4v) is 1.96. The highest BCUT2D eigenvalue weighted by atomic mass is 16.5. The third-order valence-corrected chi connectivity index (χ3v) is 2.82. The summed E-state index contributed by atoms with van der Waals surface area (Å²) < 4.78 is 7.49. The van der Waals surface area contributed by atoms with Crippen molar-refractivity contribution in [1.29, 1.82) is 0 Å². The Kier molecular flexibility index (Phi) is 4.16. The number of ether oxygens (including phenoxy) is 1. The van der Waals surface area contributed by atoms with Gasteiger partial charge in [0.25, 0.3) is 0 Å². The van der Waals surface area contributed by atoms with Crippen LogP contribution < -0.4 is 10.5 Å². The van der Waals surface area contributed by atoms with Gasteiger partial charge in [-0.05, 0) is 25.0 Å². The molecule has 5 heteroatoms. The molecule has 0 aliphatic rings. The number of hydrogen-bond acceptors (Lipinski definition) is 4. The summed E-state index contributed by atoms with van der Waals surface area (Å²) in [5, 5.41) is 4.25. The first-order chi connectivity index (χ1) is 9.12. The largest absolute Gasteiger partial charge is 0.421 e. The second kappa shape index (κ2) is 5.84. The van der Waals surface area contributed by atoms with Crippen LogP contribution in [0.15, 0.2) is 18.2 Å². The Morgan fingerprint density at radius 3 is 2.68 bits per heavy atom. The lowest BCUT2D eigenvalue weighted by Gasteiger charge is -2.08. The van der Waals surface area contributed by atoms with Crippen molar-refractivity contribution in [2.45, 2.75) is 33.2 Å². The van der Waals surface area contributed by atoms with E-state index in [9.17, 15) is 0 Å². The fourth-order valence-electron chi connectivity index (χ4n) is 1.96. The zero-order valence-corrected chi connectivity index (χ0v) is 11.7. The van der Waals surface area contributed by atoms with Gasteiger partial charge < -0.3 is 10.5 Å². The Balaban J connectivity index is 2.28. The van der Waals surface area contributed by atoms with Crippen LogP contribution in [-0.2, 0) is 20.0 Å². The van der Waals surface area contributed by atoms with Crippen molar-refractivity contribution in [2.75, 3.05) is 0 Å². The molecule has 0 unspecified atom stereocenters. The Hall–Kier alpha value is -1.88. The molecule has 5 nitrogen and oxygen atoms in total. The summed E-state index contributed by atoms with van der Waals surface area (Å²) in [6.45, 7) is 4.54. The fraction of sp³-hybridized carbons (Fsp3) is 0.429. The number of aromatic nitrogens is 3. The van der Waals surface area contributed by atoms with E-state index in [1.165, 1.54) is 0 Å². The van der Waals surface area contributed by atoms with Gasteiger partial charge in [-0.25, -0.2) is 9.67 Å². The third-order valence-electron chi connectivity index (χ3n) is 2.82. The van der Waals surface area contributed by atoms with Gasteiger partial charge in [-0.15, -0.1) is 0 Å². The Morgan fingerprint density at radius 2 is 2.11 bits per heavy atom. The van der Waals surface area contributed by atoms with Crippen LogP contribution in [0.25, 0.3) is 0 Å². The smallest absolute Gasteiger partial charge is 0.221 e. The van der Waals surface area contributed by atoms with E-state index in [1.807, 2.05) is 32.2 Å². The zero-order valence-electron chi connectivity index (χ0n) is 11.7. The van der Waals surface area contributed by atoms with Crippen molar-refractivity contribution in [1.82, 2.24) is 14.8 Å². The van der Waals surface area contributed by atoms with Crippen molar-refractivity contribution in [2.24, 2.45) is 12.8 Å². The highest BCUT2D eigenvalue weighted by Crippen LogP contribution is 2.21. The van der Waals surface area contributed by atoms with Gasteiger partial charge in [0.2, 0.25) is 11.8 Å². The summed E-state index contributed by atoms with van der Waals surface area (Å²) in [6.07, 6.45) is 1.97. The molecular formula is C14H20N4O. The second-order valence-electron chi connectivity index (χ2n) is 4.61. The molecule has 0 aliphatic heterocycles. The summed E-state index contributed by atoms with van der Waals surface area (Å²) in [4.78, 5) is 4.50. The number of hydrogen-bond donors (Lipinski definition) is 1. The van der Waals surface area contributed by atoms with Gasteiger partial charge in [-0.1, -0.05) is 13.3 Å². The summed E-state index contributed by atoms with van der Waals surface area (Å²) >= 11 is 0. The van der Waals surface area contributed by atoms with E-state index in [1.54, 1.807) is 4.68 Å². The first kappa shape index (κ1) is 13.5. The monoisotopic (exact) mass is 260 g/mol. The Morgan fingerprint density at radius 1 is 1.32 bits per heavy atom. The molecule has 2 rings (SSSR count). The van der Waals surface area contributed by atoms with Gasteiger partial charge in [0.1, 0.15) is 0 Å². The van der Waals surface area contributed by atoms with E-state index in [0.717, 1.165) is 29.8 Å². The molecule has 0 amide bonds. The first-order valence-corrected chi connectivity index (χ1v) is 6.50. The number of rotatable bonds is 5. The quantitative estimate of drug-likeness (QED) is 0.896. The van der Waals surface area contributed by atoms with Crippen molar-refractivity contribution < 1.29 is 4.74 Å². The molecule has 0 saturated heterocycles. The molecule has 2 aromatic rings. The van der Waals surface area contributed by atoms with E-state index >= 15 is 0 Å². The number of nitrogens with zero attached hydrogens (tertiary/aromatic N) is 3. The van der Waals surface area contributed by atoms with E-state index in [-0.39, 0.29) is 0 Å². The molecular weight excluding hydrogens is 240 g/mol. The maximum Gasteiger partial charge on any atom is 0.221 e. The standard InChI is InChI=1S/C14H20N4O/c1-4-5-12-7-11(9-15)8-13(16-12)19-14-6-10(2)17-18(14)3/h6-8H,4-5,9,15H2,1-3H3. The van der Waals surface area contributed by atoms with Crippen LogP contribution in [-0.4, -0.2) is 14.8 Å². The average molecular weight is 260 g/mol. The van der Waals surface area contributed by atoms with Gasteiger partial charge in [-0.3, -0.25) is 0 Å². The van der Waals surface area contributed by atoms with Crippen LogP contribution in [0, 0.1) is 6.92 Å². The van der Waals surface area contributed by atoms with E-state index in [2.05, 4.69) is 17.0 Å². The highest BCUT2D eigenvalue weighted by Gasteiger charge is 2.08. The SMILES string of the molecule is CCCc1cc(CN)cc(Oc2cc(C)nn2C)n1. The van der Waals surface area contributed by atoms with Gasteiger partial charge in [0.15, 0.2) is 0 Å². The minimum absolute atomic E-state index is 0.486. The van der Waals surface area contributed by atoms with Crippen LogP contribution >= 0.6 is 0 Å². The van der Waals surface area contributed by atoms with Crippen molar-refractivity contribution >= 4 is 0 Å². The molecule has 0 spiro atoms. The van der Waals surface area contributed by atoms with Crippen LogP contribution in [0.5, 0.6) is 11.8 Å². The molecule has 2 heterocycles. The van der Waals surface area contributed by atoms with E-state index in [4.69, 9.17) is 10.5 Å². The molecule has 0 atom stereocenters. The molecule has 0 aromatic carbocycles. The van der Waals surface area contributed by atoms with Crippen molar-refractivity contribution in [3.63, 3.8) is 0 Å². The minimum Gasteiger partial charge on any atom is -0.421 e. The maximum absolute atomic E-state index is 5.79. The minimum atomic E-state index is 0.486. The summed E-state index contributed by atoms with van der Waals surface area (Å²) in [6, 6.07) is 5.79. The second-order valence-corrected chi connectivity index (χ2v) is 4.61. The van der Waals surface area contributed by atoms with Crippen LogP contribution in [0.4, 0.5) is 0 Å².